The molecule has 0 amide bonds. The summed E-state index contributed by atoms with van der Waals surface area (Å²) in [6.45, 7) is 4.00. The van der Waals surface area contributed by atoms with Gasteiger partial charge in [0.25, 0.3) is 0 Å². The van der Waals surface area contributed by atoms with Gasteiger partial charge in [-0.1, -0.05) is 0 Å². The van der Waals surface area contributed by atoms with Crippen LogP contribution in [0.4, 0.5) is 5.82 Å². The minimum atomic E-state index is 0.818. The fourth-order valence-corrected chi connectivity index (χ4v) is 2.26. The number of aromatic nitrogens is 2. The highest BCUT2D eigenvalue weighted by molar-refractivity contribution is 7.18. The molecule has 0 spiro atoms. The summed E-state index contributed by atoms with van der Waals surface area (Å²) in [5.41, 5.74) is 0. The number of aryl methyl sites for hydroxylation is 2. The molecule has 0 unspecified atom stereocenters. The van der Waals surface area contributed by atoms with E-state index >= 15 is 0 Å². The molecular formula is C9H11N3S. The molecule has 0 aromatic carbocycles. The van der Waals surface area contributed by atoms with E-state index in [1.54, 1.807) is 11.3 Å². The second-order valence-electron chi connectivity index (χ2n) is 2.95. The molecule has 0 aliphatic carbocycles. The van der Waals surface area contributed by atoms with Crippen molar-refractivity contribution in [2.75, 3.05) is 12.4 Å². The summed E-state index contributed by atoms with van der Waals surface area (Å²) >= 11 is 1.70. The zero-order valence-electron chi connectivity index (χ0n) is 7.88. The molecule has 68 valence electrons. The summed E-state index contributed by atoms with van der Waals surface area (Å²) in [6, 6.07) is 2.12. The average molecular weight is 193 g/mol. The number of hydrogen-bond acceptors (Lipinski definition) is 4. The van der Waals surface area contributed by atoms with Crippen LogP contribution in [-0.2, 0) is 0 Å². The van der Waals surface area contributed by atoms with E-state index in [4.69, 9.17) is 0 Å². The smallest absolute Gasteiger partial charge is 0.138 e. The van der Waals surface area contributed by atoms with Gasteiger partial charge in [-0.05, 0) is 19.9 Å². The van der Waals surface area contributed by atoms with Crippen molar-refractivity contribution in [1.29, 1.82) is 0 Å². The zero-order valence-corrected chi connectivity index (χ0v) is 8.70. The average Bonchev–Trinajstić information content (AvgIpc) is 2.43. The number of thiophene rings is 1. The molecule has 0 atom stereocenters. The van der Waals surface area contributed by atoms with E-state index in [9.17, 15) is 0 Å². The Balaban J connectivity index is 2.80. The van der Waals surface area contributed by atoms with Gasteiger partial charge in [0.05, 0.1) is 5.39 Å². The zero-order chi connectivity index (χ0) is 9.42. The Hall–Kier alpha value is -1.16. The van der Waals surface area contributed by atoms with E-state index in [-0.39, 0.29) is 0 Å². The van der Waals surface area contributed by atoms with Gasteiger partial charge in [-0.15, -0.1) is 11.3 Å². The lowest BCUT2D eigenvalue weighted by molar-refractivity contribution is 1.10. The minimum absolute atomic E-state index is 0.818. The van der Waals surface area contributed by atoms with Gasteiger partial charge in [0.15, 0.2) is 0 Å². The Morgan fingerprint density at radius 3 is 2.77 bits per heavy atom. The molecule has 0 saturated heterocycles. The summed E-state index contributed by atoms with van der Waals surface area (Å²) in [5, 5.41) is 4.20. The first-order valence-electron chi connectivity index (χ1n) is 4.13. The highest BCUT2D eigenvalue weighted by Gasteiger charge is 2.06. The van der Waals surface area contributed by atoms with Gasteiger partial charge >= 0.3 is 0 Å². The third kappa shape index (κ3) is 1.37. The van der Waals surface area contributed by atoms with Gasteiger partial charge in [0, 0.05) is 11.9 Å². The van der Waals surface area contributed by atoms with Crippen molar-refractivity contribution in [1.82, 2.24) is 9.97 Å². The van der Waals surface area contributed by atoms with Gasteiger partial charge in [0.2, 0.25) is 0 Å². The highest BCUT2D eigenvalue weighted by atomic mass is 32.1. The van der Waals surface area contributed by atoms with Crippen LogP contribution in [-0.4, -0.2) is 17.0 Å². The molecule has 0 saturated carbocycles. The number of nitrogens with one attached hydrogen (secondary N) is 1. The van der Waals surface area contributed by atoms with E-state index in [1.807, 2.05) is 14.0 Å². The van der Waals surface area contributed by atoms with E-state index in [2.05, 4.69) is 28.3 Å². The first-order valence-corrected chi connectivity index (χ1v) is 4.95. The largest absolute Gasteiger partial charge is 0.372 e. The Kier molecular flexibility index (Phi) is 1.92. The van der Waals surface area contributed by atoms with Crippen LogP contribution in [0, 0.1) is 13.8 Å². The standard InChI is InChI=1S/C9H11N3S/c1-5-4-7-8(10-3)11-6(2)12-9(7)13-5/h4H,1-3H3,(H,10,11,12). The monoisotopic (exact) mass is 193 g/mol. The number of fused-ring (bicyclic) bond motifs is 1. The Morgan fingerprint density at radius 1 is 1.31 bits per heavy atom. The summed E-state index contributed by atoms with van der Waals surface area (Å²) in [6.07, 6.45) is 0. The lowest BCUT2D eigenvalue weighted by atomic mass is 10.3. The molecule has 0 radical (unpaired) electrons. The summed E-state index contributed by atoms with van der Waals surface area (Å²) in [7, 11) is 1.88. The highest BCUT2D eigenvalue weighted by Crippen LogP contribution is 2.27. The molecule has 4 heteroatoms. The molecule has 3 nitrogen and oxygen atoms in total. The molecule has 1 N–H and O–H groups in total. The van der Waals surface area contributed by atoms with E-state index in [0.717, 1.165) is 21.9 Å². The first kappa shape index (κ1) is 8.44. The number of nitrogens with zero attached hydrogens (tertiary/aromatic N) is 2. The molecule has 0 fully saturated rings. The van der Waals surface area contributed by atoms with Gasteiger partial charge in [-0.2, -0.15) is 0 Å². The number of hydrogen-bond donors (Lipinski definition) is 1. The normalized spacial score (nSPS) is 10.7. The topological polar surface area (TPSA) is 37.8 Å². The number of anilines is 1. The third-order valence-corrected chi connectivity index (χ3v) is 2.81. The van der Waals surface area contributed by atoms with Crippen LogP contribution in [0.1, 0.15) is 10.7 Å². The second kappa shape index (κ2) is 2.96. The fourth-order valence-electron chi connectivity index (χ4n) is 1.34. The quantitative estimate of drug-likeness (QED) is 0.755. The van der Waals surface area contributed by atoms with Gasteiger partial charge in [-0.3, -0.25) is 0 Å². The van der Waals surface area contributed by atoms with Crippen molar-refractivity contribution in [2.24, 2.45) is 0 Å². The van der Waals surface area contributed by atoms with Crippen molar-refractivity contribution in [3.8, 4) is 0 Å². The van der Waals surface area contributed by atoms with E-state index in [1.165, 1.54) is 4.88 Å². The van der Waals surface area contributed by atoms with Crippen LogP contribution in [0.3, 0.4) is 0 Å². The number of rotatable bonds is 1. The summed E-state index contributed by atoms with van der Waals surface area (Å²) < 4.78 is 0. The van der Waals surface area contributed by atoms with Crippen molar-refractivity contribution < 1.29 is 0 Å². The van der Waals surface area contributed by atoms with Crippen molar-refractivity contribution in [2.45, 2.75) is 13.8 Å². The molecule has 0 aliphatic heterocycles. The molecule has 2 rings (SSSR count). The Labute approximate surface area is 80.8 Å². The van der Waals surface area contributed by atoms with E-state index in [0.29, 0.717) is 0 Å². The molecular weight excluding hydrogens is 182 g/mol. The molecule has 13 heavy (non-hydrogen) atoms. The lowest BCUT2D eigenvalue weighted by Crippen LogP contribution is -1.96. The maximum atomic E-state index is 4.37. The second-order valence-corrected chi connectivity index (χ2v) is 4.18. The predicted molar refractivity (Wildman–Crippen MR) is 56.4 cm³/mol. The van der Waals surface area contributed by atoms with Crippen LogP contribution in [0.5, 0.6) is 0 Å². The van der Waals surface area contributed by atoms with Crippen LogP contribution in [0.25, 0.3) is 10.2 Å². The van der Waals surface area contributed by atoms with Crippen LogP contribution in [0.2, 0.25) is 0 Å². The molecule has 2 heterocycles. The van der Waals surface area contributed by atoms with Gasteiger partial charge in [-0.25, -0.2) is 9.97 Å². The third-order valence-electron chi connectivity index (χ3n) is 1.86. The first-order chi connectivity index (χ1) is 6.20. The van der Waals surface area contributed by atoms with E-state index < -0.39 is 0 Å². The molecule has 2 aromatic rings. The van der Waals surface area contributed by atoms with Crippen LogP contribution < -0.4 is 5.32 Å². The van der Waals surface area contributed by atoms with Crippen molar-refractivity contribution in [3.63, 3.8) is 0 Å². The summed E-state index contributed by atoms with van der Waals surface area (Å²) in [4.78, 5) is 11.0. The SMILES string of the molecule is CNc1nc(C)nc2sc(C)cc12. The van der Waals surface area contributed by atoms with Gasteiger partial charge < -0.3 is 5.32 Å². The molecule has 0 aliphatic rings. The van der Waals surface area contributed by atoms with Gasteiger partial charge in [0.1, 0.15) is 16.5 Å². The van der Waals surface area contributed by atoms with Crippen LogP contribution in [0.15, 0.2) is 6.07 Å². The minimum Gasteiger partial charge on any atom is -0.372 e. The summed E-state index contributed by atoms with van der Waals surface area (Å²) in [5.74, 6) is 1.74. The van der Waals surface area contributed by atoms with Crippen molar-refractivity contribution in [3.05, 3.63) is 16.8 Å². The molecule has 0 bridgehead atoms. The maximum absolute atomic E-state index is 4.37. The fraction of sp³-hybridized carbons (Fsp3) is 0.333. The Morgan fingerprint density at radius 2 is 2.08 bits per heavy atom. The van der Waals surface area contributed by atoms with Crippen molar-refractivity contribution >= 4 is 27.4 Å². The molecule has 2 aromatic heterocycles. The maximum Gasteiger partial charge on any atom is 0.138 e. The van der Waals surface area contributed by atoms with Crippen LogP contribution >= 0.6 is 11.3 Å². The lowest BCUT2D eigenvalue weighted by Gasteiger charge is -2.00. The predicted octanol–water partition coefficient (Wildman–Crippen LogP) is 2.35. The Bertz CT molecular complexity index is 447.